The summed E-state index contributed by atoms with van der Waals surface area (Å²) >= 11 is 0. The molecule has 5 nitrogen and oxygen atoms in total. The Morgan fingerprint density at radius 1 is 1.03 bits per heavy atom. The molecule has 0 N–H and O–H groups in total. The molecule has 0 radical (unpaired) electrons. The molecule has 1 saturated carbocycles. The van der Waals surface area contributed by atoms with Crippen molar-refractivity contribution >= 4 is 28.2 Å². The average molecular weight is 497 g/mol. The zero-order chi connectivity index (χ0) is 25.2. The molecule has 6 rings (SSSR count). The van der Waals surface area contributed by atoms with Gasteiger partial charge in [0.2, 0.25) is 0 Å². The molecule has 0 bridgehead atoms. The van der Waals surface area contributed by atoms with Gasteiger partial charge < -0.3 is 4.90 Å². The predicted octanol–water partition coefficient (Wildman–Crippen LogP) is 6.03. The maximum atomic E-state index is 15.3. The Morgan fingerprint density at radius 2 is 1.83 bits per heavy atom. The molecule has 4 aromatic rings. The SMILES string of the molecule is Cc1nnc2nc(N3CCCCc4c(C#CC5(C(F)(F)F)CC5)cccc43)c3c(F)c(F)ccc3n12. The second-order valence-electron chi connectivity index (χ2n) is 9.32. The van der Waals surface area contributed by atoms with Gasteiger partial charge in [-0.1, -0.05) is 17.9 Å². The van der Waals surface area contributed by atoms with Crippen LogP contribution in [-0.2, 0) is 6.42 Å². The van der Waals surface area contributed by atoms with Crippen molar-refractivity contribution in [2.75, 3.05) is 11.4 Å². The third-order valence-electron chi connectivity index (χ3n) is 7.04. The van der Waals surface area contributed by atoms with Crippen LogP contribution in [0, 0.1) is 35.8 Å². The van der Waals surface area contributed by atoms with Crippen molar-refractivity contribution in [1.82, 2.24) is 19.6 Å². The number of anilines is 2. The number of halogens is 5. The van der Waals surface area contributed by atoms with Gasteiger partial charge >= 0.3 is 6.18 Å². The van der Waals surface area contributed by atoms with Gasteiger partial charge in [0, 0.05) is 17.8 Å². The first-order chi connectivity index (χ1) is 17.2. The Labute approximate surface area is 203 Å². The number of aromatic nitrogens is 4. The number of hydrogen-bond donors (Lipinski definition) is 0. The third kappa shape index (κ3) is 3.40. The van der Waals surface area contributed by atoms with Crippen LogP contribution in [0.4, 0.5) is 33.5 Å². The number of rotatable bonds is 1. The van der Waals surface area contributed by atoms with E-state index in [1.54, 1.807) is 28.4 Å². The van der Waals surface area contributed by atoms with Gasteiger partial charge in [-0.2, -0.15) is 18.2 Å². The van der Waals surface area contributed by atoms with Gasteiger partial charge in [-0.25, -0.2) is 8.78 Å². The fraction of sp³-hybridized carbons (Fsp3) is 0.346. The molecule has 0 unspecified atom stereocenters. The maximum Gasteiger partial charge on any atom is 0.405 e. The van der Waals surface area contributed by atoms with Crippen LogP contribution < -0.4 is 4.90 Å². The van der Waals surface area contributed by atoms with Crippen LogP contribution in [0.1, 0.15) is 42.6 Å². The lowest BCUT2D eigenvalue weighted by molar-refractivity contribution is -0.168. The van der Waals surface area contributed by atoms with E-state index in [4.69, 9.17) is 0 Å². The van der Waals surface area contributed by atoms with Gasteiger partial charge in [0.15, 0.2) is 11.6 Å². The van der Waals surface area contributed by atoms with Crippen LogP contribution in [-0.4, -0.2) is 32.3 Å². The van der Waals surface area contributed by atoms with E-state index in [9.17, 15) is 17.6 Å². The summed E-state index contributed by atoms with van der Waals surface area (Å²) in [4.78, 5) is 6.36. The fourth-order valence-corrected chi connectivity index (χ4v) is 4.90. The number of alkyl halides is 3. The van der Waals surface area contributed by atoms with E-state index in [2.05, 4.69) is 27.0 Å². The van der Waals surface area contributed by atoms with Crippen LogP contribution in [0.2, 0.25) is 0 Å². The number of hydrogen-bond acceptors (Lipinski definition) is 4. The second kappa shape index (κ2) is 7.88. The van der Waals surface area contributed by atoms with Crippen molar-refractivity contribution < 1.29 is 22.0 Å². The van der Waals surface area contributed by atoms with Crippen LogP contribution in [0.5, 0.6) is 0 Å². The smallest absolute Gasteiger partial charge is 0.325 e. The van der Waals surface area contributed by atoms with Crippen molar-refractivity contribution in [2.24, 2.45) is 5.41 Å². The summed E-state index contributed by atoms with van der Waals surface area (Å²) in [5, 5.41) is 8.12. The molecule has 10 heteroatoms. The molecular weight excluding hydrogens is 477 g/mol. The van der Waals surface area contributed by atoms with E-state index in [1.807, 2.05) is 6.07 Å². The Balaban J connectivity index is 1.56. The van der Waals surface area contributed by atoms with Crippen molar-refractivity contribution in [3.8, 4) is 11.8 Å². The van der Waals surface area contributed by atoms with Gasteiger partial charge in [-0.15, -0.1) is 10.2 Å². The molecule has 0 amide bonds. The lowest BCUT2D eigenvalue weighted by Crippen LogP contribution is -2.22. The lowest BCUT2D eigenvalue weighted by Gasteiger charge is -2.26. The first-order valence-electron chi connectivity index (χ1n) is 11.7. The van der Waals surface area contributed by atoms with E-state index < -0.39 is 23.2 Å². The van der Waals surface area contributed by atoms with E-state index in [1.165, 1.54) is 6.07 Å². The molecule has 2 aliphatic rings. The number of fused-ring (bicyclic) bond motifs is 4. The normalized spacial score (nSPS) is 17.0. The van der Waals surface area contributed by atoms with Crippen molar-refractivity contribution in [3.05, 3.63) is 58.9 Å². The highest BCUT2D eigenvalue weighted by atomic mass is 19.4. The van der Waals surface area contributed by atoms with Crippen LogP contribution in [0.25, 0.3) is 16.7 Å². The number of aryl methyl sites for hydroxylation is 1. The summed E-state index contributed by atoms with van der Waals surface area (Å²) in [6.07, 6.45) is -2.30. The highest BCUT2D eigenvalue weighted by Gasteiger charge is 2.62. The fourth-order valence-electron chi connectivity index (χ4n) is 4.90. The quantitative estimate of drug-likeness (QED) is 0.238. The molecule has 2 aromatic heterocycles. The minimum Gasteiger partial charge on any atom is -0.325 e. The maximum absolute atomic E-state index is 15.3. The lowest BCUT2D eigenvalue weighted by atomic mass is 9.99. The van der Waals surface area contributed by atoms with Crippen LogP contribution in [0.15, 0.2) is 30.3 Å². The van der Waals surface area contributed by atoms with Gasteiger partial charge in [0.25, 0.3) is 5.78 Å². The molecule has 0 atom stereocenters. The first kappa shape index (κ1) is 22.7. The molecular formula is C26H20F5N5. The molecule has 3 heterocycles. The minimum absolute atomic E-state index is 0.00315. The van der Waals surface area contributed by atoms with Gasteiger partial charge in [0.05, 0.1) is 10.9 Å². The monoisotopic (exact) mass is 497 g/mol. The summed E-state index contributed by atoms with van der Waals surface area (Å²) in [5.41, 5.74) is 0.373. The molecule has 0 spiro atoms. The third-order valence-corrected chi connectivity index (χ3v) is 7.04. The van der Waals surface area contributed by atoms with Gasteiger partial charge in [0.1, 0.15) is 17.1 Å². The predicted molar refractivity (Wildman–Crippen MR) is 124 cm³/mol. The minimum atomic E-state index is -4.37. The molecule has 1 aliphatic heterocycles. The van der Waals surface area contributed by atoms with Gasteiger partial charge in [-0.3, -0.25) is 4.40 Å². The van der Waals surface area contributed by atoms with Crippen LogP contribution in [0.3, 0.4) is 0 Å². The van der Waals surface area contributed by atoms with Crippen LogP contribution >= 0.6 is 0 Å². The summed E-state index contributed by atoms with van der Waals surface area (Å²) in [7, 11) is 0. The Kier molecular flexibility index (Phi) is 4.97. The highest BCUT2D eigenvalue weighted by Crippen LogP contribution is 2.57. The number of benzene rings is 2. The van der Waals surface area contributed by atoms with E-state index in [0.717, 1.165) is 18.1 Å². The Hall–Kier alpha value is -3.74. The van der Waals surface area contributed by atoms with E-state index >= 15 is 4.39 Å². The zero-order valence-electron chi connectivity index (χ0n) is 19.3. The first-order valence-corrected chi connectivity index (χ1v) is 11.7. The van der Waals surface area contributed by atoms with E-state index in [-0.39, 0.29) is 29.8 Å². The summed E-state index contributed by atoms with van der Waals surface area (Å²) in [6.45, 7) is 2.15. The topological polar surface area (TPSA) is 46.3 Å². The van der Waals surface area contributed by atoms with Crippen molar-refractivity contribution in [1.29, 1.82) is 0 Å². The average Bonchev–Trinajstić information content (AvgIpc) is 3.60. The summed E-state index contributed by atoms with van der Waals surface area (Å²) in [6, 6.07) is 7.76. The zero-order valence-corrected chi connectivity index (χ0v) is 19.3. The standard InChI is InChI=1S/C26H20F5N5/c1-15-33-34-24-32-23(21-20(36(15)24)9-8-18(27)22(21)28)35-14-3-2-6-17-16(5-4-7-19(17)35)10-11-25(12-13-25)26(29,30)31/h4-5,7-9H,2-3,6,12-14H2,1H3. The molecule has 2 aromatic carbocycles. The Bertz CT molecular complexity index is 1590. The highest BCUT2D eigenvalue weighted by molar-refractivity contribution is 5.94. The molecule has 0 saturated heterocycles. The molecule has 1 fully saturated rings. The largest absolute Gasteiger partial charge is 0.405 e. The van der Waals surface area contributed by atoms with Crippen molar-refractivity contribution in [2.45, 2.75) is 45.2 Å². The summed E-state index contributed by atoms with van der Waals surface area (Å²) < 4.78 is 71.6. The molecule has 36 heavy (non-hydrogen) atoms. The van der Waals surface area contributed by atoms with Crippen molar-refractivity contribution in [3.63, 3.8) is 0 Å². The van der Waals surface area contributed by atoms with E-state index in [0.29, 0.717) is 42.0 Å². The Morgan fingerprint density at radius 3 is 2.58 bits per heavy atom. The molecule has 1 aliphatic carbocycles. The number of nitrogens with zero attached hydrogens (tertiary/aromatic N) is 5. The summed E-state index contributed by atoms with van der Waals surface area (Å²) in [5.74, 6) is 4.14. The van der Waals surface area contributed by atoms with Gasteiger partial charge in [-0.05, 0) is 68.9 Å². The second-order valence-corrected chi connectivity index (χ2v) is 9.32. The molecule has 184 valence electrons.